The van der Waals surface area contributed by atoms with Crippen LogP contribution >= 0.6 is 11.5 Å². The lowest BCUT2D eigenvalue weighted by Crippen LogP contribution is -2.31. The molecule has 0 fully saturated rings. The first-order chi connectivity index (χ1) is 13.6. The predicted molar refractivity (Wildman–Crippen MR) is 109 cm³/mol. The molecule has 0 saturated heterocycles. The largest absolute Gasteiger partial charge is 0.493 e. The van der Waals surface area contributed by atoms with E-state index in [9.17, 15) is 4.79 Å². The molecule has 0 bridgehead atoms. The average molecular weight is 398 g/mol. The van der Waals surface area contributed by atoms with E-state index in [0.717, 1.165) is 12.0 Å². The Morgan fingerprint density at radius 2 is 1.96 bits per heavy atom. The van der Waals surface area contributed by atoms with Gasteiger partial charge < -0.3 is 14.8 Å². The van der Waals surface area contributed by atoms with E-state index >= 15 is 0 Å². The molecule has 1 amide bonds. The van der Waals surface area contributed by atoms with Crippen LogP contribution in [0.2, 0.25) is 0 Å². The molecule has 1 unspecified atom stereocenters. The molecule has 3 rings (SSSR count). The van der Waals surface area contributed by atoms with Crippen molar-refractivity contribution in [3.63, 3.8) is 0 Å². The zero-order valence-corrected chi connectivity index (χ0v) is 17.0. The number of methoxy groups -OCH3 is 1. The van der Waals surface area contributed by atoms with E-state index in [2.05, 4.69) is 14.7 Å². The highest BCUT2D eigenvalue weighted by Crippen LogP contribution is 2.33. The molecule has 1 aromatic heterocycles. The van der Waals surface area contributed by atoms with Gasteiger partial charge in [0.15, 0.2) is 17.3 Å². The van der Waals surface area contributed by atoms with Gasteiger partial charge in [-0.15, -0.1) is 0 Å². The van der Waals surface area contributed by atoms with E-state index in [1.165, 1.54) is 11.5 Å². The summed E-state index contributed by atoms with van der Waals surface area (Å²) in [6.45, 7) is 3.99. The van der Waals surface area contributed by atoms with Gasteiger partial charge in [0.25, 0.3) is 11.1 Å². The van der Waals surface area contributed by atoms with Gasteiger partial charge in [0.2, 0.25) is 0 Å². The summed E-state index contributed by atoms with van der Waals surface area (Å²) in [6.07, 6.45) is 1.51. The molecule has 146 valence electrons. The summed E-state index contributed by atoms with van der Waals surface area (Å²) in [6, 6.07) is 15.2. The van der Waals surface area contributed by atoms with Crippen molar-refractivity contribution in [2.45, 2.75) is 32.7 Å². The molecule has 0 radical (unpaired) electrons. The quantitative estimate of drug-likeness (QED) is 0.608. The van der Waals surface area contributed by atoms with Crippen molar-refractivity contribution < 1.29 is 14.3 Å². The zero-order chi connectivity index (χ0) is 19.9. The summed E-state index contributed by atoms with van der Waals surface area (Å²) < 4.78 is 15.6. The lowest BCUT2D eigenvalue weighted by atomic mass is 10.1. The van der Waals surface area contributed by atoms with Crippen LogP contribution in [0.5, 0.6) is 16.7 Å². The number of rotatable bonds is 8. The number of nitrogens with one attached hydrogen (secondary N) is 1. The molecule has 1 N–H and O–H groups in total. The third-order valence-electron chi connectivity index (χ3n) is 4.27. The van der Waals surface area contributed by atoms with Crippen LogP contribution < -0.4 is 14.8 Å². The lowest BCUT2D eigenvalue weighted by Gasteiger charge is -2.13. The normalized spacial score (nSPS) is 11.7. The molecule has 0 aliphatic carbocycles. The molecule has 1 heterocycles. The monoisotopic (exact) mass is 397 g/mol. The van der Waals surface area contributed by atoms with Gasteiger partial charge in [-0.1, -0.05) is 37.3 Å². The Hall–Kier alpha value is -2.93. The fraction of sp³-hybridized carbons (Fsp3) is 0.286. The van der Waals surface area contributed by atoms with E-state index in [1.807, 2.05) is 44.2 Å². The summed E-state index contributed by atoms with van der Waals surface area (Å²) in [5.41, 5.74) is 1.66. The molecule has 6 nitrogen and oxygen atoms in total. The Kier molecular flexibility index (Phi) is 6.60. The first-order valence-corrected chi connectivity index (χ1v) is 9.89. The van der Waals surface area contributed by atoms with Crippen molar-refractivity contribution in [1.29, 1.82) is 0 Å². The molecule has 0 saturated carbocycles. The Bertz CT molecular complexity index is 928. The van der Waals surface area contributed by atoms with Crippen LogP contribution in [0.15, 0.2) is 48.5 Å². The summed E-state index contributed by atoms with van der Waals surface area (Å²) >= 11 is 1.19. The van der Waals surface area contributed by atoms with Crippen LogP contribution in [0.25, 0.3) is 0 Å². The van der Waals surface area contributed by atoms with Gasteiger partial charge in [-0.2, -0.15) is 9.36 Å². The van der Waals surface area contributed by atoms with Crippen LogP contribution in [-0.2, 0) is 6.42 Å². The second-order valence-electron chi connectivity index (χ2n) is 6.39. The van der Waals surface area contributed by atoms with E-state index in [0.29, 0.717) is 34.5 Å². The third-order valence-corrected chi connectivity index (χ3v) is 4.90. The number of ether oxygens (including phenoxy) is 2. The molecular formula is C21H23N3O3S. The first kappa shape index (κ1) is 19.8. The summed E-state index contributed by atoms with van der Waals surface area (Å²) in [7, 11) is 1.54. The molecular weight excluding hydrogens is 374 g/mol. The number of benzene rings is 2. The lowest BCUT2D eigenvalue weighted by molar-refractivity contribution is 0.0939. The Balaban J connectivity index is 1.71. The number of carbonyl (C=O) groups excluding carboxylic acids is 1. The minimum absolute atomic E-state index is 0.110. The van der Waals surface area contributed by atoms with Crippen LogP contribution in [0.4, 0.5) is 0 Å². The standard InChI is InChI=1S/C21H23N3O3S/c1-4-14(2)22-20(25)16-10-11-17(18(13-16)26-3)27-21-23-19(24-28-21)12-15-8-6-5-7-9-15/h5-11,13-14H,4,12H2,1-3H3,(H,22,25). The maximum atomic E-state index is 12.3. The van der Waals surface area contributed by atoms with Crippen molar-refractivity contribution in [1.82, 2.24) is 14.7 Å². The van der Waals surface area contributed by atoms with E-state index < -0.39 is 0 Å². The summed E-state index contributed by atoms with van der Waals surface area (Å²) in [4.78, 5) is 16.7. The predicted octanol–water partition coefficient (Wildman–Crippen LogP) is 4.46. The number of carbonyl (C=O) groups is 1. The van der Waals surface area contributed by atoms with Gasteiger partial charge in [0.05, 0.1) is 7.11 Å². The number of nitrogens with zero attached hydrogens (tertiary/aromatic N) is 2. The van der Waals surface area contributed by atoms with Crippen LogP contribution in [-0.4, -0.2) is 28.4 Å². The fourth-order valence-corrected chi connectivity index (χ4v) is 3.09. The van der Waals surface area contributed by atoms with Crippen molar-refractivity contribution in [3.05, 3.63) is 65.5 Å². The molecule has 7 heteroatoms. The van der Waals surface area contributed by atoms with E-state index in [1.54, 1.807) is 25.3 Å². The topological polar surface area (TPSA) is 73.3 Å². The first-order valence-electron chi connectivity index (χ1n) is 9.12. The highest BCUT2D eigenvalue weighted by atomic mass is 32.1. The fourth-order valence-electron chi connectivity index (χ4n) is 2.53. The molecule has 2 aromatic carbocycles. The van der Waals surface area contributed by atoms with Gasteiger partial charge >= 0.3 is 0 Å². The molecule has 0 spiro atoms. The van der Waals surface area contributed by atoms with Crippen molar-refractivity contribution in [2.24, 2.45) is 0 Å². The average Bonchev–Trinajstić information content (AvgIpc) is 3.15. The molecule has 3 aromatic rings. The number of aromatic nitrogens is 2. The maximum Gasteiger partial charge on any atom is 0.298 e. The Labute approximate surface area is 168 Å². The van der Waals surface area contributed by atoms with E-state index in [4.69, 9.17) is 9.47 Å². The van der Waals surface area contributed by atoms with Crippen LogP contribution in [0.3, 0.4) is 0 Å². The number of hydrogen-bond acceptors (Lipinski definition) is 6. The minimum Gasteiger partial charge on any atom is -0.493 e. The van der Waals surface area contributed by atoms with E-state index in [-0.39, 0.29) is 11.9 Å². The third kappa shape index (κ3) is 5.07. The van der Waals surface area contributed by atoms with Gasteiger partial charge in [-0.25, -0.2) is 0 Å². The second kappa shape index (κ2) is 9.32. The zero-order valence-electron chi connectivity index (χ0n) is 16.1. The number of amides is 1. The van der Waals surface area contributed by atoms with Gasteiger partial charge in [0.1, 0.15) is 0 Å². The smallest absolute Gasteiger partial charge is 0.298 e. The Morgan fingerprint density at radius 3 is 2.68 bits per heavy atom. The molecule has 28 heavy (non-hydrogen) atoms. The number of hydrogen-bond donors (Lipinski definition) is 1. The van der Waals surface area contributed by atoms with Crippen molar-refractivity contribution in [3.8, 4) is 16.7 Å². The summed E-state index contributed by atoms with van der Waals surface area (Å²) in [5.74, 6) is 1.52. The maximum absolute atomic E-state index is 12.3. The van der Waals surface area contributed by atoms with Crippen molar-refractivity contribution in [2.75, 3.05) is 7.11 Å². The van der Waals surface area contributed by atoms with Crippen LogP contribution in [0.1, 0.15) is 42.0 Å². The SMILES string of the molecule is CCC(C)NC(=O)c1ccc(Oc2nc(Cc3ccccc3)ns2)c(OC)c1. The highest BCUT2D eigenvalue weighted by Gasteiger charge is 2.15. The second-order valence-corrected chi connectivity index (χ2v) is 7.10. The van der Waals surface area contributed by atoms with Crippen molar-refractivity contribution >= 4 is 17.4 Å². The van der Waals surface area contributed by atoms with Gasteiger partial charge in [-0.3, -0.25) is 4.79 Å². The van der Waals surface area contributed by atoms with Crippen LogP contribution in [0, 0.1) is 0 Å². The highest BCUT2D eigenvalue weighted by molar-refractivity contribution is 7.07. The molecule has 0 aliphatic heterocycles. The molecule has 1 atom stereocenters. The van der Waals surface area contributed by atoms with Gasteiger partial charge in [0, 0.05) is 29.6 Å². The minimum atomic E-state index is -0.139. The molecule has 0 aliphatic rings. The van der Waals surface area contributed by atoms with Gasteiger partial charge in [-0.05, 0) is 37.1 Å². The Morgan fingerprint density at radius 1 is 1.18 bits per heavy atom. The summed E-state index contributed by atoms with van der Waals surface area (Å²) in [5, 5.41) is 3.37.